The van der Waals surface area contributed by atoms with Gasteiger partial charge in [0, 0.05) is 18.7 Å². The number of Topliss-reactive ketones (excluding diaryl/α,β-unsaturated/α-hetero) is 1. The number of hydrogen-bond donors (Lipinski definition) is 1. The Bertz CT molecular complexity index is 1410. The lowest BCUT2D eigenvalue weighted by Crippen LogP contribution is -2.35. The average Bonchev–Trinajstić information content (AvgIpc) is 3.20. The summed E-state index contributed by atoms with van der Waals surface area (Å²) in [5.74, 6) is -0.0535. The van der Waals surface area contributed by atoms with E-state index in [4.69, 9.17) is 9.47 Å². The number of ether oxygens (including phenoxy) is 2. The molecule has 1 saturated heterocycles. The second-order valence-electron chi connectivity index (χ2n) is 10.7. The summed E-state index contributed by atoms with van der Waals surface area (Å²) < 4.78 is 11.6. The van der Waals surface area contributed by atoms with Crippen molar-refractivity contribution in [1.82, 2.24) is 9.80 Å². The summed E-state index contributed by atoms with van der Waals surface area (Å²) in [4.78, 5) is 30.4. The first-order valence-electron chi connectivity index (χ1n) is 13.5. The Morgan fingerprint density at radius 2 is 1.75 bits per heavy atom. The number of methoxy groups -OCH3 is 1. The molecule has 0 saturated carbocycles. The first kappa shape index (κ1) is 28.9. The van der Waals surface area contributed by atoms with Crippen LogP contribution in [0, 0.1) is 6.92 Å². The monoisotopic (exact) mass is 542 g/mol. The Morgan fingerprint density at radius 3 is 2.40 bits per heavy atom. The van der Waals surface area contributed by atoms with Gasteiger partial charge in [0.25, 0.3) is 11.7 Å². The molecule has 40 heavy (non-hydrogen) atoms. The zero-order valence-corrected chi connectivity index (χ0v) is 24.1. The lowest BCUT2D eigenvalue weighted by atomic mass is 9.91. The lowest BCUT2D eigenvalue weighted by Gasteiger charge is -2.27. The fourth-order valence-electron chi connectivity index (χ4n) is 5.01. The molecule has 4 rings (SSSR count). The van der Waals surface area contributed by atoms with Gasteiger partial charge in [0.1, 0.15) is 23.9 Å². The van der Waals surface area contributed by atoms with E-state index in [1.165, 1.54) is 0 Å². The fourth-order valence-corrected chi connectivity index (χ4v) is 5.01. The number of nitrogens with zero attached hydrogens (tertiary/aromatic N) is 2. The highest BCUT2D eigenvalue weighted by molar-refractivity contribution is 6.46. The molecule has 210 valence electrons. The van der Waals surface area contributed by atoms with Crippen molar-refractivity contribution in [2.75, 3.05) is 34.3 Å². The zero-order valence-electron chi connectivity index (χ0n) is 24.1. The van der Waals surface area contributed by atoms with E-state index in [9.17, 15) is 14.7 Å². The Labute approximate surface area is 236 Å². The van der Waals surface area contributed by atoms with Crippen LogP contribution < -0.4 is 9.47 Å². The van der Waals surface area contributed by atoms with Crippen LogP contribution in [0.2, 0.25) is 0 Å². The van der Waals surface area contributed by atoms with Gasteiger partial charge in [-0.25, -0.2) is 0 Å². The number of rotatable bonds is 10. The van der Waals surface area contributed by atoms with Crippen molar-refractivity contribution in [3.63, 3.8) is 0 Å². The number of likely N-dealkylation sites (N-methyl/N-ethyl adjacent to an activating group) is 1. The first-order valence-corrected chi connectivity index (χ1v) is 13.5. The molecule has 1 fully saturated rings. The maximum atomic E-state index is 13.5. The highest BCUT2D eigenvalue weighted by Crippen LogP contribution is 2.42. The maximum Gasteiger partial charge on any atom is 0.295 e. The van der Waals surface area contributed by atoms with Crippen LogP contribution in [0.25, 0.3) is 5.76 Å². The lowest BCUT2D eigenvalue weighted by molar-refractivity contribution is -0.140. The molecule has 7 nitrogen and oxygen atoms in total. The maximum absolute atomic E-state index is 13.5. The van der Waals surface area contributed by atoms with Gasteiger partial charge in [-0.3, -0.25) is 9.59 Å². The molecule has 3 aromatic rings. The highest BCUT2D eigenvalue weighted by atomic mass is 16.5. The van der Waals surface area contributed by atoms with Crippen molar-refractivity contribution >= 4 is 17.4 Å². The summed E-state index contributed by atoms with van der Waals surface area (Å²) >= 11 is 0. The minimum Gasteiger partial charge on any atom is -0.507 e. The van der Waals surface area contributed by atoms with Gasteiger partial charge < -0.3 is 24.4 Å². The smallest absolute Gasteiger partial charge is 0.295 e. The third-order valence-corrected chi connectivity index (χ3v) is 7.20. The Hall–Kier alpha value is -4.10. The van der Waals surface area contributed by atoms with E-state index in [1.54, 1.807) is 12.0 Å². The van der Waals surface area contributed by atoms with Gasteiger partial charge in [0.05, 0.1) is 18.7 Å². The number of ketones is 1. The van der Waals surface area contributed by atoms with Crippen LogP contribution in [0.4, 0.5) is 0 Å². The van der Waals surface area contributed by atoms with Crippen LogP contribution in [0.15, 0.2) is 72.3 Å². The average molecular weight is 543 g/mol. The SMILES string of the molecule is COc1cc(C)c(/C(O)=C2\C(=O)C(=O)N(CCN(C)C)C2c2cccc(OCc3ccccc3)c2)cc1C(C)C. The predicted octanol–water partition coefficient (Wildman–Crippen LogP) is 5.69. The number of likely N-dealkylation sites (tertiary alicyclic amines) is 1. The number of aliphatic hydroxyl groups excluding tert-OH is 1. The van der Waals surface area contributed by atoms with Crippen LogP contribution in [-0.4, -0.2) is 60.9 Å². The number of hydrogen-bond acceptors (Lipinski definition) is 6. The van der Waals surface area contributed by atoms with E-state index in [-0.39, 0.29) is 17.3 Å². The van der Waals surface area contributed by atoms with Crippen LogP contribution >= 0.6 is 0 Å². The molecule has 1 N–H and O–H groups in total. The molecule has 0 aliphatic carbocycles. The largest absolute Gasteiger partial charge is 0.507 e. The summed E-state index contributed by atoms with van der Waals surface area (Å²) in [6, 6.07) is 20.2. The fraction of sp³-hybridized carbons (Fsp3) is 0.333. The van der Waals surface area contributed by atoms with Gasteiger partial charge in [-0.1, -0.05) is 56.3 Å². The topological polar surface area (TPSA) is 79.3 Å². The number of aryl methyl sites for hydroxylation is 1. The quantitative estimate of drug-likeness (QED) is 0.201. The van der Waals surface area contributed by atoms with Gasteiger partial charge >= 0.3 is 0 Å². The molecular weight excluding hydrogens is 504 g/mol. The zero-order chi connectivity index (χ0) is 29.0. The van der Waals surface area contributed by atoms with Crippen molar-refractivity contribution in [1.29, 1.82) is 0 Å². The van der Waals surface area contributed by atoms with E-state index in [1.807, 2.05) is 106 Å². The Morgan fingerprint density at radius 1 is 1.02 bits per heavy atom. The third kappa shape index (κ3) is 6.05. The molecule has 0 aromatic heterocycles. The summed E-state index contributed by atoms with van der Waals surface area (Å²) in [5, 5.41) is 11.7. The summed E-state index contributed by atoms with van der Waals surface area (Å²) in [5.41, 5.74) is 3.96. The minimum absolute atomic E-state index is 0.0759. The molecule has 3 aromatic carbocycles. The molecule has 1 aliphatic heterocycles. The normalized spacial score (nSPS) is 16.7. The van der Waals surface area contributed by atoms with Crippen LogP contribution in [0.3, 0.4) is 0 Å². The van der Waals surface area contributed by atoms with Crippen molar-refractivity contribution in [2.24, 2.45) is 0 Å². The van der Waals surface area contributed by atoms with Gasteiger partial charge in [-0.2, -0.15) is 0 Å². The van der Waals surface area contributed by atoms with E-state index in [2.05, 4.69) is 0 Å². The number of carbonyl (C=O) groups excluding carboxylic acids is 2. The predicted molar refractivity (Wildman–Crippen MR) is 157 cm³/mol. The summed E-state index contributed by atoms with van der Waals surface area (Å²) in [6.07, 6.45) is 0. The number of amides is 1. The van der Waals surface area contributed by atoms with Crippen molar-refractivity contribution in [3.05, 3.63) is 100 Å². The molecular formula is C33H38N2O5. The third-order valence-electron chi connectivity index (χ3n) is 7.20. The molecule has 0 spiro atoms. The van der Waals surface area contributed by atoms with Gasteiger partial charge in [-0.05, 0) is 73.5 Å². The van der Waals surface area contributed by atoms with Crippen molar-refractivity contribution in [3.8, 4) is 11.5 Å². The van der Waals surface area contributed by atoms with Crippen LogP contribution in [0.1, 0.15) is 53.6 Å². The molecule has 1 amide bonds. The molecule has 1 heterocycles. The minimum atomic E-state index is -0.760. The molecule has 0 radical (unpaired) electrons. The molecule has 1 unspecified atom stereocenters. The van der Waals surface area contributed by atoms with Crippen LogP contribution in [-0.2, 0) is 16.2 Å². The number of carbonyl (C=O) groups is 2. The van der Waals surface area contributed by atoms with Crippen molar-refractivity contribution < 1.29 is 24.2 Å². The van der Waals surface area contributed by atoms with E-state index < -0.39 is 17.7 Å². The highest BCUT2D eigenvalue weighted by Gasteiger charge is 2.46. The summed E-state index contributed by atoms with van der Waals surface area (Å²) in [6.45, 7) is 7.21. The van der Waals surface area contributed by atoms with Gasteiger partial charge in [0.2, 0.25) is 0 Å². The first-order chi connectivity index (χ1) is 19.1. The van der Waals surface area contributed by atoms with Gasteiger partial charge in [0.15, 0.2) is 0 Å². The molecule has 1 aliphatic rings. The van der Waals surface area contributed by atoms with Gasteiger partial charge in [-0.15, -0.1) is 0 Å². The van der Waals surface area contributed by atoms with Crippen molar-refractivity contribution in [2.45, 2.75) is 39.3 Å². The summed E-state index contributed by atoms with van der Waals surface area (Å²) in [7, 11) is 5.44. The van der Waals surface area contributed by atoms with E-state index >= 15 is 0 Å². The number of benzene rings is 3. The standard InChI is InChI=1S/C33H38N2O5/c1-21(2)26-19-27(22(3)17-28(26)39-6)31(36)29-30(35(16-15-34(4)5)33(38)32(29)37)24-13-10-14-25(18-24)40-20-23-11-8-7-9-12-23/h7-14,17-19,21,30,36H,15-16,20H2,1-6H3/b31-29+. The second kappa shape index (κ2) is 12.4. The molecule has 7 heteroatoms. The Kier molecular flexibility index (Phi) is 8.95. The van der Waals surface area contributed by atoms with Crippen LogP contribution in [0.5, 0.6) is 11.5 Å². The van der Waals surface area contributed by atoms with E-state index in [0.717, 1.165) is 22.4 Å². The molecule has 1 atom stereocenters. The van der Waals surface area contributed by atoms with E-state index in [0.29, 0.717) is 36.6 Å². The molecule has 0 bridgehead atoms. The second-order valence-corrected chi connectivity index (χ2v) is 10.7. The number of aliphatic hydroxyl groups is 1. The Balaban J connectivity index is 1.82.